The highest BCUT2D eigenvalue weighted by Crippen LogP contribution is 2.25. The van der Waals surface area contributed by atoms with Gasteiger partial charge in [0.05, 0.1) is 5.39 Å². The Balaban J connectivity index is 1.90. The number of fused-ring (bicyclic) bond motifs is 1. The number of pyridine rings is 2. The van der Waals surface area contributed by atoms with Crippen molar-refractivity contribution in [3.63, 3.8) is 0 Å². The molecular weight excluding hydrogens is 389 g/mol. The van der Waals surface area contributed by atoms with E-state index in [9.17, 15) is 19.1 Å². The summed E-state index contributed by atoms with van der Waals surface area (Å²) in [5.74, 6) is -1.93. The summed E-state index contributed by atoms with van der Waals surface area (Å²) in [6.07, 6.45) is 1.97. The van der Waals surface area contributed by atoms with Crippen molar-refractivity contribution < 1.29 is 14.3 Å². The molecule has 0 saturated carbocycles. The van der Waals surface area contributed by atoms with Gasteiger partial charge in [0.2, 0.25) is 5.43 Å². The van der Waals surface area contributed by atoms with Crippen LogP contribution < -0.4 is 21.8 Å². The average molecular weight is 411 g/mol. The van der Waals surface area contributed by atoms with Crippen molar-refractivity contribution in [1.82, 2.24) is 9.55 Å². The zero-order chi connectivity index (χ0) is 21.4. The van der Waals surface area contributed by atoms with Crippen molar-refractivity contribution in [3.05, 3.63) is 69.3 Å². The van der Waals surface area contributed by atoms with Gasteiger partial charge in [-0.1, -0.05) is 24.3 Å². The average Bonchev–Trinajstić information content (AvgIpc) is 3.15. The Labute approximate surface area is 171 Å². The first-order valence-electron chi connectivity index (χ1n) is 9.62. The number of anilines is 1. The van der Waals surface area contributed by atoms with Crippen LogP contribution >= 0.6 is 0 Å². The van der Waals surface area contributed by atoms with Crippen LogP contribution in [-0.4, -0.2) is 39.8 Å². The number of carboxylic acid groups (broad SMARTS) is 1. The maximum atomic E-state index is 14.8. The Morgan fingerprint density at radius 1 is 1.30 bits per heavy atom. The molecule has 1 atom stereocenters. The predicted molar refractivity (Wildman–Crippen MR) is 111 cm³/mol. The van der Waals surface area contributed by atoms with Crippen LogP contribution in [0.2, 0.25) is 0 Å². The second kappa shape index (κ2) is 7.85. The number of nitrogens with zero attached hydrogens (tertiary/aromatic N) is 3. The first-order chi connectivity index (χ1) is 14.4. The Morgan fingerprint density at radius 3 is 2.73 bits per heavy atom. The van der Waals surface area contributed by atoms with E-state index in [1.165, 1.54) is 6.20 Å². The summed E-state index contributed by atoms with van der Waals surface area (Å²) in [7, 11) is 0. The van der Waals surface area contributed by atoms with Crippen LogP contribution in [0, 0.1) is 5.82 Å². The summed E-state index contributed by atoms with van der Waals surface area (Å²) in [4.78, 5) is 30.4. The molecule has 4 rings (SSSR count). The molecule has 156 valence electrons. The van der Waals surface area contributed by atoms with E-state index in [2.05, 4.69) is 4.98 Å². The minimum absolute atomic E-state index is 0.0718. The van der Waals surface area contributed by atoms with E-state index in [1.54, 1.807) is 9.47 Å². The Kier molecular flexibility index (Phi) is 5.23. The maximum absolute atomic E-state index is 14.8. The van der Waals surface area contributed by atoms with E-state index in [-0.39, 0.29) is 29.4 Å². The van der Waals surface area contributed by atoms with Gasteiger partial charge < -0.3 is 26.0 Å². The standard InChI is InChI=1S/C21H22FN5O3/c22-17-7-15-18(28)16(21(29)30)11-27(9-13-3-1-2-12(6-13)8-23)19(15)25-20(17)26-5-4-14(24)10-26/h1-3,6-7,11,14H,4-5,8-10,23-24H2,(H,29,30). The van der Waals surface area contributed by atoms with Crippen molar-refractivity contribution in [2.24, 2.45) is 11.5 Å². The highest BCUT2D eigenvalue weighted by Gasteiger charge is 2.25. The lowest BCUT2D eigenvalue weighted by atomic mass is 10.1. The zero-order valence-electron chi connectivity index (χ0n) is 16.2. The molecule has 0 aliphatic carbocycles. The largest absolute Gasteiger partial charge is 0.477 e. The van der Waals surface area contributed by atoms with Crippen molar-refractivity contribution in [1.29, 1.82) is 0 Å². The molecule has 9 heteroatoms. The van der Waals surface area contributed by atoms with Gasteiger partial charge in [-0.05, 0) is 23.6 Å². The van der Waals surface area contributed by atoms with Crippen LogP contribution in [0.3, 0.4) is 0 Å². The van der Waals surface area contributed by atoms with Crippen molar-refractivity contribution in [2.75, 3.05) is 18.0 Å². The van der Waals surface area contributed by atoms with E-state index in [0.717, 1.165) is 23.6 Å². The van der Waals surface area contributed by atoms with Crippen molar-refractivity contribution in [3.8, 4) is 0 Å². The maximum Gasteiger partial charge on any atom is 0.341 e. The third-order valence-electron chi connectivity index (χ3n) is 5.32. The third-order valence-corrected chi connectivity index (χ3v) is 5.32. The van der Waals surface area contributed by atoms with Gasteiger partial charge in [0.15, 0.2) is 11.6 Å². The highest BCUT2D eigenvalue weighted by molar-refractivity contribution is 5.92. The molecule has 1 fully saturated rings. The molecule has 1 aliphatic heterocycles. The molecule has 3 aromatic rings. The predicted octanol–water partition coefficient (Wildman–Crippen LogP) is 1.28. The summed E-state index contributed by atoms with van der Waals surface area (Å²) in [5.41, 5.74) is 12.4. The number of rotatable bonds is 5. The molecule has 0 radical (unpaired) electrons. The van der Waals surface area contributed by atoms with E-state index in [1.807, 2.05) is 24.3 Å². The van der Waals surface area contributed by atoms with E-state index in [0.29, 0.717) is 19.6 Å². The van der Waals surface area contributed by atoms with Gasteiger partial charge in [-0.15, -0.1) is 0 Å². The van der Waals surface area contributed by atoms with Gasteiger partial charge in [-0.2, -0.15) is 0 Å². The van der Waals surface area contributed by atoms with Crippen LogP contribution in [0.15, 0.2) is 41.3 Å². The summed E-state index contributed by atoms with van der Waals surface area (Å²) >= 11 is 0. The summed E-state index contributed by atoms with van der Waals surface area (Å²) < 4.78 is 16.4. The molecule has 30 heavy (non-hydrogen) atoms. The first-order valence-corrected chi connectivity index (χ1v) is 9.62. The molecular formula is C21H22FN5O3. The molecule has 0 amide bonds. The number of carbonyl (C=O) groups is 1. The van der Waals surface area contributed by atoms with Crippen molar-refractivity contribution in [2.45, 2.75) is 25.6 Å². The summed E-state index contributed by atoms with van der Waals surface area (Å²) in [5, 5.41) is 9.38. The Morgan fingerprint density at radius 2 is 2.07 bits per heavy atom. The van der Waals surface area contributed by atoms with Crippen LogP contribution in [0.5, 0.6) is 0 Å². The lowest BCUT2D eigenvalue weighted by Crippen LogP contribution is -2.28. The van der Waals surface area contributed by atoms with Crippen LogP contribution in [0.1, 0.15) is 27.9 Å². The summed E-state index contributed by atoms with van der Waals surface area (Å²) in [6.45, 7) is 1.64. The number of aromatic carboxylic acids is 1. The highest BCUT2D eigenvalue weighted by atomic mass is 19.1. The number of hydrogen-bond donors (Lipinski definition) is 3. The lowest BCUT2D eigenvalue weighted by Gasteiger charge is -2.19. The SMILES string of the molecule is NCc1cccc(Cn2cc(C(=O)O)c(=O)c3cc(F)c(N4CCC(N)C4)nc32)c1. The normalized spacial score (nSPS) is 16.4. The number of nitrogens with two attached hydrogens (primary N) is 2. The second-order valence-corrected chi connectivity index (χ2v) is 7.49. The molecule has 1 aliphatic rings. The molecule has 8 nitrogen and oxygen atoms in total. The fraction of sp³-hybridized carbons (Fsp3) is 0.286. The number of hydrogen-bond acceptors (Lipinski definition) is 6. The second-order valence-electron chi connectivity index (χ2n) is 7.49. The van der Waals surface area contributed by atoms with Gasteiger partial charge in [0.25, 0.3) is 0 Å². The molecule has 3 heterocycles. The molecule has 5 N–H and O–H groups in total. The van der Waals surface area contributed by atoms with E-state index < -0.39 is 22.8 Å². The summed E-state index contributed by atoms with van der Waals surface area (Å²) in [6, 6.07) is 8.50. The minimum Gasteiger partial charge on any atom is -0.477 e. The number of halogens is 1. The third kappa shape index (κ3) is 3.64. The quantitative estimate of drug-likeness (QED) is 0.577. The lowest BCUT2D eigenvalue weighted by molar-refractivity contribution is 0.0695. The van der Waals surface area contributed by atoms with Crippen LogP contribution in [0.25, 0.3) is 11.0 Å². The number of aromatic nitrogens is 2. The molecule has 2 aromatic heterocycles. The fourth-order valence-electron chi connectivity index (χ4n) is 3.80. The van der Waals surface area contributed by atoms with Crippen molar-refractivity contribution >= 4 is 22.8 Å². The molecule has 1 saturated heterocycles. The van der Waals surface area contributed by atoms with Gasteiger partial charge >= 0.3 is 5.97 Å². The number of carboxylic acids is 1. The topological polar surface area (TPSA) is 127 Å². The molecule has 0 bridgehead atoms. The van der Waals surface area contributed by atoms with Gasteiger partial charge in [-0.25, -0.2) is 14.2 Å². The van der Waals surface area contributed by atoms with Gasteiger partial charge in [0.1, 0.15) is 11.2 Å². The van der Waals surface area contributed by atoms with Gasteiger partial charge in [0, 0.05) is 38.4 Å². The molecule has 1 unspecified atom stereocenters. The zero-order valence-corrected chi connectivity index (χ0v) is 16.2. The minimum atomic E-state index is -1.37. The van der Waals surface area contributed by atoms with Crippen LogP contribution in [0.4, 0.5) is 10.2 Å². The van der Waals surface area contributed by atoms with E-state index in [4.69, 9.17) is 11.5 Å². The smallest absolute Gasteiger partial charge is 0.341 e. The monoisotopic (exact) mass is 411 g/mol. The molecule has 1 aromatic carbocycles. The Hall–Kier alpha value is -3.30. The molecule has 0 spiro atoms. The first kappa shape index (κ1) is 20.0. The fourth-order valence-corrected chi connectivity index (χ4v) is 3.80. The van der Waals surface area contributed by atoms with Gasteiger partial charge in [-0.3, -0.25) is 4.79 Å². The Bertz CT molecular complexity index is 1190. The number of benzene rings is 1. The van der Waals surface area contributed by atoms with Crippen LogP contribution in [-0.2, 0) is 13.1 Å². The van der Waals surface area contributed by atoms with E-state index >= 15 is 0 Å².